The van der Waals surface area contributed by atoms with Gasteiger partial charge in [-0.25, -0.2) is 9.99 Å². The van der Waals surface area contributed by atoms with Gasteiger partial charge < -0.3 is 9.15 Å². The number of aromatic nitrogens is 1. The van der Waals surface area contributed by atoms with Gasteiger partial charge in [0.15, 0.2) is 5.58 Å². The third-order valence-corrected chi connectivity index (χ3v) is 6.80. The number of carbonyl (C=O) groups is 1. The molecule has 8 heteroatoms. The first-order valence-electron chi connectivity index (χ1n) is 9.77. The third kappa shape index (κ3) is 4.08. The van der Waals surface area contributed by atoms with Gasteiger partial charge in [-0.1, -0.05) is 42.1 Å². The van der Waals surface area contributed by atoms with Crippen LogP contribution in [-0.4, -0.2) is 34.5 Å². The summed E-state index contributed by atoms with van der Waals surface area (Å²) in [5.74, 6) is 0.894. The highest BCUT2D eigenvalue weighted by molar-refractivity contribution is 7.99. The average molecular weight is 450 g/mol. The zero-order chi connectivity index (χ0) is 21.2. The summed E-state index contributed by atoms with van der Waals surface area (Å²) in [4.78, 5) is 18.7. The highest BCUT2D eigenvalue weighted by Crippen LogP contribution is 2.35. The summed E-state index contributed by atoms with van der Waals surface area (Å²) in [6.07, 6.45) is 0.673. The fourth-order valence-corrected chi connectivity index (χ4v) is 4.93. The largest absolute Gasteiger partial charge is 0.497 e. The van der Waals surface area contributed by atoms with E-state index in [-0.39, 0.29) is 17.7 Å². The molecule has 1 atom stereocenters. The van der Waals surface area contributed by atoms with E-state index < -0.39 is 0 Å². The summed E-state index contributed by atoms with van der Waals surface area (Å²) in [7, 11) is 1.64. The van der Waals surface area contributed by atoms with Crippen LogP contribution in [0.2, 0.25) is 0 Å². The van der Waals surface area contributed by atoms with Crippen LogP contribution in [0.25, 0.3) is 11.1 Å². The predicted molar refractivity (Wildman–Crippen MR) is 123 cm³/mol. The second-order valence-electron chi connectivity index (χ2n) is 6.99. The van der Waals surface area contributed by atoms with Crippen molar-refractivity contribution in [2.24, 2.45) is 5.10 Å². The second kappa shape index (κ2) is 8.56. The highest BCUT2D eigenvalue weighted by Gasteiger charge is 2.33. The van der Waals surface area contributed by atoms with E-state index in [1.54, 1.807) is 23.5 Å². The summed E-state index contributed by atoms with van der Waals surface area (Å²) < 4.78 is 11.0. The van der Waals surface area contributed by atoms with Gasteiger partial charge in [-0.2, -0.15) is 5.10 Å². The quantitative estimate of drug-likeness (QED) is 0.370. The SMILES string of the molecule is COc1ccc([C@H]2CC(c3cccs3)=NN2C(=O)CSc2nc3ccccc3o2)cc1. The molecule has 3 heterocycles. The van der Waals surface area contributed by atoms with Gasteiger partial charge in [0.25, 0.3) is 11.1 Å². The van der Waals surface area contributed by atoms with Gasteiger partial charge in [0.2, 0.25) is 0 Å². The molecule has 31 heavy (non-hydrogen) atoms. The van der Waals surface area contributed by atoms with Crippen LogP contribution in [-0.2, 0) is 4.79 Å². The van der Waals surface area contributed by atoms with Gasteiger partial charge in [-0.3, -0.25) is 4.79 Å². The molecule has 1 aliphatic heterocycles. The molecule has 156 valence electrons. The maximum Gasteiger partial charge on any atom is 0.257 e. The molecular weight excluding hydrogens is 430 g/mol. The van der Waals surface area contributed by atoms with Crippen molar-refractivity contribution >= 4 is 45.8 Å². The minimum atomic E-state index is -0.153. The first-order chi connectivity index (χ1) is 15.2. The Hall–Kier alpha value is -3.10. The summed E-state index contributed by atoms with van der Waals surface area (Å²) in [5.41, 5.74) is 3.45. The molecule has 2 aromatic carbocycles. The number of thiophene rings is 1. The zero-order valence-electron chi connectivity index (χ0n) is 16.7. The van der Waals surface area contributed by atoms with E-state index in [2.05, 4.69) is 4.98 Å². The van der Waals surface area contributed by atoms with Crippen LogP contribution in [0.3, 0.4) is 0 Å². The van der Waals surface area contributed by atoms with Crippen LogP contribution in [0.4, 0.5) is 0 Å². The van der Waals surface area contributed by atoms with E-state index in [1.165, 1.54) is 11.8 Å². The third-order valence-electron chi connectivity index (χ3n) is 5.07. The van der Waals surface area contributed by atoms with Crippen LogP contribution in [0.1, 0.15) is 22.9 Å². The Balaban J connectivity index is 1.37. The number of methoxy groups -OCH3 is 1. The molecule has 0 fully saturated rings. The summed E-state index contributed by atoms with van der Waals surface area (Å²) in [6.45, 7) is 0. The summed E-state index contributed by atoms with van der Waals surface area (Å²) in [6, 6.07) is 19.3. The Kier molecular flexibility index (Phi) is 5.48. The Morgan fingerprint density at radius 2 is 2.03 bits per heavy atom. The predicted octanol–water partition coefficient (Wildman–Crippen LogP) is 5.37. The molecule has 0 bridgehead atoms. The molecule has 1 aliphatic rings. The fraction of sp³-hybridized carbons (Fsp3) is 0.174. The van der Waals surface area contributed by atoms with Gasteiger partial charge in [0.1, 0.15) is 11.3 Å². The van der Waals surface area contributed by atoms with Crippen LogP contribution in [0.5, 0.6) is 5.75 Å². The van der Waals surface area contributed by atoms with Crippen molar-refractivity contribution in [3.8, 4) is 5.75 Å². The van der Waals surface area contributed by atoms with Gasteiger partial charge in [0, 0.05) is 6.42 Å². The lowest BCUT2D eigenvalue weighted by Gasteiger charge is -2.22. The van der Waals surface area contributed by atoms with Crippen LogP contribution in [0, 0.1) is 0 Å². The van der Waals surface area contributed by atoms with E-state index in [4.69, 9.17) is 14.3 Å². The van der Waals surface area contributed by atoms with Crippen molar-refractivity contribution < 1.29 is 13.9 Å². The maximum absolute atomic E-state index is 13.2. The number of nitrogens with zero attached hydrogens (tertiary/aromatic N) is 3. The molecule has 1 amide bonds. The van der Waals surface area contributed by atoms with E-state index in [9.17, 15) is 4.79 Å². The van der Waals surface area contributed by atoms with Crippen LogP contribution < -0.4 is 4.74 Å². The number of benzene rings is 2. The fourth-order valence-electron chi connectivity index (χ4n) is 3.52. The second-order valence-corrected chi connectivity index (χ2v) is 8.87. The highest BCUT2D eigenvalue weighted by atomic mass is 32.2. The first kappa shape index (κ1) is 19.8. The molecule has 4 aromatic rings. The lowest BCUT2D eigenvalue weighted by Crippen LogP contribution is -2.28. The maximum atomic E-state index is 13.2. The number of hydrazone groups is 1. The number of para-hydroxylation sites is 2. The molecule has 5 rings (SSSR count). The Morgan fingerprint density at radius 3 is 2.77 bits per heavy atom. The van der Waals surface area contributed by atoms with Crippen LogP contribution in [0.15, 0.2) is 80.8 Å². The zero-order valence-corrected chi connectivity index (χ0v) is 18.4. The minimum Gasteiger partial charge on any atom is -0.497 e. The lowest BCUT2D eigenvalue weighted by molar-refractivity contribution is -0.130. The first-order valence-corrected chi connectivity index (χ1v) is 11.6. The van der Waals surface area contributed by atoms with Gasteiger partial charge >= 0.3 is 0 Å². The number of carbonyl (C=O) groups excluding carboxylic acids is 1. The standard InChI is InChI=1S/C23H19N3O3S2/c1-28-16-10-8-15(9-11-16)19-13-18(21-7-4-12-30-21)25-26(19)22(27)14-31-23-24-17-5-2-3-6-20(17)29-23/h2-12,19H,13-14H2,1H3/t19-/m1/s1. The molecular formula is C23H19N3O3S2. The topological polar surface area (TPSA) is 67.9 Å². The van der Waals surface area contributed by atoms with Crippen molar-refractivity contribution in [2.75, 3.05) is 12.9 Å². The molecule has 0 aliphatic carbocycles. The lowest BCUT2D eigenvalue weighted by atomic mass is 10.0. The number of fused-ring (bicyclic) bond motifs is 1. The summed E-state index contributed by atoms with van der Waals surface area (Å²) >= 11 is 2.92. The molecule has 0 saturated carbocycles. The Bertz CT molecular complexity index is 1200. The van der Waals surface area contributed by atoms with Crippen LogP contribution >= 0.6 is 23.1 Å². The van der Waals surface area contributed by atoms with E-state index in [0.717, 1.165) is 27.4 Å². The number of rotatable bonds is 6. The smallest absolute Gasteiger partial charge is 0.257 e. The Labute approximate surface area is 187 Å². The average Bonchev–Trinajstić information content (AvgIpc) is 3.56. The number of oxazole rings is 1. The normalized spacial score (nSPS) is 16.0. The monoisotopic (exact) mass is 449 g/mol. The van der Waals surface area contributed by atoms with E-state index in [1.807, 2.05) is 66.0 Å². The summed E-state index contributed by atoms with van der Waals surface area (Å²) in [5, 5.41) is 8.81. The van der Waals surface area contributed by atoms with Gasteiger partial charge in [-0.05, 0) is 41.3 Å². The number of ether oxygens (including phenoxy) is 1. The van der Waals surface area contributed by atoms with Crippen molar-refractivity contribution in [3.05, 3.63) is 76.5 Å². The molecule has 0 radical (unpaired) electrons. The molecule has 0 saturated heterocycles. The van der Waals surface area contributed by atoms with Crippen molar-refractivity contribution in [1.29, 1.82) is 0 Å². The van der Waals surface area contributed by atoms with E-state index >= 15 is 0 Å². The van der Waals surface area contributed by atoms with E-state index in [0.29, 0.717) is 17.2 Å². The van der Waals surface area contributed by atoms with Gasteiger partial charge in [0.05, 0.1) is 29.5 Å². The molecule has 0 N–H and O–H groups in total. The molecule has 6 nitrogen and oxygen atoms in total. The van der Waals surface area contributed by atoms with Gasteiger partial charge in [-0.15, -0.1) is 11.3 Å². The number of thioether (sulfide) groups is 1. The Morgan fingerprint density at radius 1 is 1.19 bits per heavy atom. The molecule has 2 aromatic heterocycles. The number of hydrogen-bond acceptors (Lipinski definition) is 7. The van der Waals surface area contributed by atoms with Crippen molar-refractivity contribution in [1.82, 2.24) is 9.99 Å². The number of amides is 1. The van der Waals surface area contributed by atoms with Crippen molar-refractivity contribution in [2.45, 2.75) is 17.7 Å². The minimum absolute atomic E-state index is 0.0837. The van der Waals surface area contributed by atoms with Crippen molar-refractivity contribution in [3.63, 3.8) is 0 Å². The molecule has 0 unspecified atom stereocenters. The molecule has 0 spiro atoms. The number of hydrogen-bond donors (Lipinski definition) is 0.